The maximum Gasteiger partial charge on any atom is 0.135 e. The van der Waals surface area contributed by atoms with Crippen LogP contribution < -0.4 is 4.90 Å². The van der Waals surface area contributed by atoms with Crippen molar-refractivity contribution in [1.29, 1.82) is 0 Å². The molecule has 3 heteroatoms. The largest absolute Gasteiger partial charge is 0.378 e. The van der Waals surface area contributed by atoms with E-state index < -0.39 is 0 Å². The Labute approximate surface area is 103 Å². The van der Waals surface area contributed by atoms with Gasteiger partial charge < -0.3 is 9.64 Å². The Morgan fingerprint density at radius 3 is 2.12 bits per heavy atom. The molecule has 0 heterocycles. The van der Waals surface area contributed by atoms with Crippen LogP contribution in [0.2, 0.25) is 0 Å². The first-order valence-electron chi connectivity index (χ1n) is 5.78. The van der Waals surface area contributed by atoms with Gasteiger partial charge in [-0.05, 0) is 24.6 Å². The number of hydrogen-bond donors (Lipinski definition) is 0. The molecule has 1 unspecified atom stereocenters. The Bertz CT molecular complexity index is 370. The number of methoxy groups -OCH3 is 1. The molecule has 94 valence electrons. The first kappa shape index (κ1) is 13.7. The predicted molar refractivity (Wildman–Crippen MR) is 70.4 cm³/mol. The zero-order valence-electron chi connectivity index (χ0n) is 11.2. The van der Waals surface area contributed by atoms with Crippen LogP contribution in [0.25, 0.3) is 0 Å². The molecular weight excluding hydrogens is 214 g/mol. The molecule has 0 saturated carbocycles. The van der Waals surface area contributed by atoms with Crippen molar-refractivity contribution in [2.75, 3.05) is 26.1 Å². The van der Waals surface area contributed by atoms with Crippen molar-refractivity contribution >= 4 is 11.5 Å². The number of ether oxygens (including phenoxy) is 1. The maximum atomic E-state index is 11.4. The van der Waals surface area contributed by atoms with Crippen molar-refractivity contribution in [3.8, 4) is 0 Å². The van der Waals surface area contributed by atoms with E-state index in [1.807, 2.05) is 50.2 Å². The quantitative estimate of drug-likeness (QED) is 0.786. The molecule has 17 heavy (non-hydrogen) atoms. The highest BCUT2D eigenvalue weighted by Gasteiger charge is 2.22. The molecule has 1 aromatic carbocycles. The van der Waals surface area contributed by atoms with E-state index in [2.05, 4.69) is 0 Å². The van der Waals surface area contributed by atoms with Crippen LogP contribution in [-0.2, 0) is 9.53 Å². The van der Waals surface area contributed by atoms with Gasteiger partial charge in [0.1, 0.15) is 5.78 Å². The van der Waals surface area contributed by atoms with Gasteiger partial charge in [0.25, 0.3) is 0 Å². The first-order valence-corrected chi connectivity index (χ1v) is 5.78. The van der Waals surface area contributed by atoms with Crippen molar-refractivity contribution in [2.45, 2.75) is 20.0 Å². The van der Waals surface area contributed by atoms with E-state index in [1.165, 1.54) is 0 Å². The van der Waals surface area contributed by atoms with Crippen molar-refractivity contribution in [3.05, 3.63) is 29.8 Å². The summed E-state index contributed by atoms with van der Waals surface area (Å²) < 4.78 is 5.43. The van der Waals surface area contributed by atoms with Crippen LogP contribution in [0.1, 0.15) is 25.5 Å². The third-order valence-electron chi connectivity index (χ3n) is 3.09. The minimum absolute atomic E-state index is 0.120. The SMILES string of the molecule is COC(c1ccc(N(C)C)cc1)[C@H](C)C(C)=O. The number of ketones is 1. The van der Waals surface area contributed by atoms with E-state index in [0.29, 0.717) is 0 Å². The smallest absolute Gasteiger partial charge is 0.135 e. The monoisotopic (exact) mass is 235 g/mol. The first-order chi connectivity index (χ1) is 7.97. The molecule has 0 aliphatic carbocycles. The van der Waals surface area contributed by atoms with E-state index in [0.717, 1.165) is 11.3 Å². The molecular formula is C14H21NO2. The van der Waals surface area contributed by atoms with Gasteiger partial charge in [0.15, 0.2) is 0 Å². The summed E-state index contributed by atoms with van der Waals surface area (Å²) in [5, 5.41) is 0. The van der Waals surface area contributed by atoms with E-state index in [-0.39, 0.29) is 17.8 Å². The molecule has 0 fully saturated rings. The predicted octanol–water partition coefficient (Wildman–Crippen LogP) is 2.67. The van der Waals surface area contributed by atoms with Gasteiger partial charge in [-0.1, -0.05) is 19.1 Å². The Kier molecular flexibility index (Phi) is 4.70. The lowest BCUT2D eigenvalue weighted by molar-refractivity contribution is -0.124. The van der Waals surface area contributed by atoms with Crippen LogP contribution in [0.15, 0.2) is 24.3 Å². The number of anilines is 1. The molecule has 0 aliphatic rings. The van der Waals surface area contributed by atoms with Crippen LogP contribution in [0, 0.1) is 5.92 Å². The fourth-order valence-electron chi connectivity index (χ4n) is 1.80. The Morgan fingerprint density at radius 1 is 1.24 bits per heavy atom. The number of benzene rings is 1. The minimum Gasteiger partial charge on any atom is -0.378 e. The number of carbonyl (C=O) groups excluding carboxylic acids is 1. The van der Waals surface area contributed by atoms with Crippen LogP contribution in [0.4, 0.5) is 5.69 Å². The lowest BCUT2D eigenvalue weighted by atomic mass is 9.94. The molecule has 1 aromatic rings. The normalized spacial score (nSPS) is 14.2. The number of hydrogen-bond acceptors (Lipinski definition) is 3. The summed E-state index contributed by atoms with van der Waals surface area (Å²) in [6.45, 7) is 3.50. The summed E-state index contributed by atoms with van der Waals surface area (Å²) in [5.74, 6) is 0.0266. The molecule has 3 nitrogen and oxygen atoms in total. The van der Waals surface area contributed by atoms with Gasteiger partial charge >= 0.3 is 0 Å². The number of Topliss-reactive ketones (excluding diaryl/α,β-unsaturated/α-hetero) is 1. The molecule has 0 N–H and O–H groups in total. The molecule has 0 aromatic heterocycles. The van der Waals surface area contributed by atoms with Crippen molar-refractivity contribution in [1.82, 2.24) is 0 Å². The van der Waals surface area contributed by atoms with Crippen LogP contribution in [0.3, 0.4) is 0 Å². The third kappa shape index (κ3) is 3.30. The molecule has 1 rings (SSSR count). The van der Waals surface area contributed by atoms with Gasteiger partial charge in [-0.15, -0.1) is 0 Å². The second kappa shape index (κ2) is 5.82. The second-order valence-corrected chi connectivity index (χ2v) is 4.54. The number of carbonyl (C=O) groups is 1. The Balaban J connectivity index is 2.93. The third-order valence-corrected chi connectivity index (χ3v) is 3.09. The lowest BCUT2D eigenvalue weighted by Gasteiger charge is -2.22. The van der Waals surface area contributed by atoms with Crippen molar-refractivity contribution in [3.63, 3.8) is 0 Å². The topological polar surface area (TPSA) is 29.5 Å². The molecule has 0 amide bonds. The van der Waals surface area contributed by atoms with Gasteiger partial charge in [0.2, 0.25) is 0 Å². The zero-order valence-corrected chi connectivity index (χ0v) is 11.2. The summed E-state index contributed by atoms with van der Waals surface area (Å²) in [5.41, 5.74) is 2.18. The average molecular weight is 235 g/mol. The van der Waals surface area contributed by atoms with Gasteiger partial charge in [0.05, 0.1) is 6.10 Å². The molecule has 2 atom stereocenters. The second-order valence-electron chi connectivity index (χ2n) is 4.54. The molecule has 0 spiro atoms. The van der Waals surface area contributed by atoms with Gasteiger partial charge in [-0.2, -0.15) is 0 Å². The van der Waals surface area contributed by atoms with Gasteiger partial charge in [-0.25, -0.2) is 0 Å². The minimum atomic E-state index is -0.163. The summed E-state index contributed by atoms with van der Waals surface area (Å²) in [4.78, 5) is 13.4. The number of rotatable bonds is 5. The van der Waals surface area contributed by atoms with E-state index in [9.17, 15) is 4.79 Å². The fraction of sp³-hybridized carbons (Fsp3) is 0.500. The summed E-state index contributed by atoms with van der Waals surface area (Å²) >= 11 is 0. The Morgan fingerprint density at radius 2 is 1.76 bits per heavy atom. The zero-order chi connectivity index (χ0) is 13.0. The molecule has 0 aliphatic heterocycles. The highest BCUT2D eigenvalue weighted by molar-refractivity contribution is 5.78. The van der Waals surface area contributed by atoms with Crippen LogP contribution in [-0.4, -0.2) is 27.0 Å². The van der Waals surface area contributed by atoms with E-state index in [4.69, 9.17) is 4.74 Å². The maximum absolute atomic E-state index is 11.4. The highest BCUT2D eigenvalue weighted by atomic mass is 16.5. The highest BCUT2D eigenvalue weighted by Crippen LogP contribution is 2.27. The Hall–Kier alpha value is -1.35. The van der Waals surface area contributed by atoms with Gasteiger partial charge in [0, 0.05) is 32.8 Å². The van der Waals surface area contributed by atoms with E-state index in [1.54, 1.807) is 14.0 Å². The van der Waals surface area contributed by atoms with Crippen LogP contribution >= 0.6 is 0 Å². The summed E-state index contributed by atoms with van der Waals surface area (Å²) in [7, 11) is 5.64. The molecule has 0 radical (unpaired) electrons. The lowest BCUT2D eigenvalue weighted by Crippen LogP contribution is -2.18. The van der Waals surface area contributed by atoms with Gasteiger partial charge in [-0.3, -0.25) is 4.79 Å². The summed E-state index contributed by atoms with van der Waals surface area (Å²) in [6, 6.07) is 8.11. The number of nitrogens with zero attached hydrogens (tertiary/aromatic N) is 1. The van der Waals surface area contributed by atoms with E-state index >= 15 is 0 Å². The fourth-order valence-corrected chi connectivity index (χ4v) is 1.80. The van der Waals surface area contributed by atoms with Crippen molar-refractivity contribution in [2.24, 2.45) is 5.92 Å². The average Bonchev–Trinajstić information content (AvgIpc) is 2.30. The van der Waals surface area contributed by atoms with Crippen molar-refractivity contribution < 1.29 is 9.53 Å². The summed E-state index contributed by atoms with van der Waals surface area (Å²) in [6.07, 6.45) is -0.163. The molecule has 0 saturated heterocycles. The molecule has 0 bridgehead atoms. The van der Waals surface area contributed by atoms with Crippen LogP contribution in [0.5, 0.6) is 0 Å². The standard InChI is InChI=1S/C14H21NO2/c1-10(11(2)16)14(17-5)12-6-8-13(9-7-12)15(3)4/h6-10,14H,1-5H3/t10-,14?/m1/s1.